The van der Waals surface area contributed by atoms with Gasteiger partial charge in [-0.25, -0.2) is 0 Å². The quantitative estimate of drug-likeness (QED) is 0.822. The first-order chi connectivity index (χ1) is 9.36. The Morgan fingerprint density at radius 2 is 1.95 bits per heavy atom. The van der Waals surface area contributed by atoms with E-state index in [-0.39, 0.29) is 18.4 Å². The van der Waals surface area contributed by atoms with E-state index in [4.69, 9.17) is 0 Å². The van der Waals surface area contributed by atoms with Crippen molar-refractivity contribution in [3.8, 4) is 0 Å². The highest BCUT2D eigenvalue weighted by Gasteiger charge is 2.21. The number of hydrogen-bond donors (Lipinski definition) is 1. The predicted octanol–water partition coefficient (Wildman–Crippen LogP) is 2.68. The molecule has 6 heteroatoms. The Morgan fingerprint density at radius 3 is 2.50 bits per heavy atom. The molecular formula is C14H19BrN2O2S. The van der Waals surface area contributed by atoms with Gasteiger partial charge in [-0.1, -0.05) is 6.92 Å². The average Bonchev–Trinajstić information content (AvgIpc) is 2.40. The Hall–Kier alpha value is -1.01. The zero-order chi connectivity index (χ0) is 15.3. The third-order valence-electron chi connectivity index (χ3n) is 2.79. The van der Waals surface area contributed by atoms with Gasteiger partial charge in [0.25, 0.3) is 5.91 Å². The van der Waals surface area contributed by atoms with Crippen LogP contribution >= 0.6 is 28.6 Å². The molecule has 0 N–H and O–H groups in total. The van der Waals surface area contributed by atoms with Gasteiger partial charge in [0, 0.05) is 30.0 Å². The Balaban J connectivity index is 2.99. The summed E-state index contributed by atoms with van der Waals surface area (Å²) in [4.78, 5) is 28.1. The van der Waals surface area contributed by atoms with Crippen LogP contribution in [0.5, 0.6) is 0 Å². The highest BCUT2D eigenvalue weighted by atomic mass is 79.9. The smallest absolute Gasteiger partial charge is 0.255 e. The van der Waals surface area contributed by atoms with Crippen molar-refractivity contribution in [2.75, 3.05) is 27.2 Å². The maximum Gasteiger partial charge on any atom is 0.255 e. The molecule has 0 saturated carbocycles. The van der Waals surface area contributed by atoms with E-state index >= 15 is 0 Å². The number of carbonyl (C=O) groups excluding carboxylic acids is 2. The van der Waals surface area contributed by atoms with E-state index in [0.29, 0.717) is 21.5 Å². The van der Waals surface area contributed by atoms with Crippen LogP contribution in [0.15, 0.2) is 27.6 Å². The number of rotatable bonds is 5. The van der Waals surface area contributed by atoms with Gasteiger partial charge in [-0.05, 0) is 40.5 Å². The van der Waals surface area contributed by atoms with Gasteiger partial charge < -0.3 is 9.80 Å². The van der Waals surface area contributed by atoms with Crippen molar-refractivity contribution in [1.29, 1.82) is 0 Å². The lowest BCUT2D eigenvalue weighted by Crippen LogP contribution is -2.40. The molecule has 0 saturated heterocycles. The molecule has 0 heterocycles. The molecule has 20 heavy (non-hydrogen) atoms. The Labute approximate surface area is 133 Å². The van der Waals surface area contributed by atoms with Crippen LogP contribution in [0.2, 0.25) is 0 Å². The molecule has 2 amide bonds. The maximum atomic E-state index is 12.6. The van der Waals surface area contributed by atoms with Crippen molar-refractivity contribution in [2.24, 2.45) is 0 Å². The highest BCUT2D eigenvalue weighted by Crippen LogP contribution is 2.22. The van der Waals surface area contributed by atoms with Gasteiger partial charge in [-0.3, -0.25) is 9.59 Å². The number of likely N-dealkylation sites (N-methyl/N-ethyl adjacent to an activating group) is 1. The van der Waals surface area contributed by atoms with Gasteiger partial charge in [0.2, 0.25) is 5.91 Å². The van der Waals surface area contributed by atoms with E-state index in [9.17, 15) is 9.59 Å². The molecule has 0 aromatic heterocycles. The Morgan fingerprint density at radius 1 is 1.30 bits per heavy atom. The lowest BCUT2D eigenvalue weighted by atomic mass is 10.2. The number of carbonyl (C=O) groups is 2. The highest BCUT2D eigenvalue weighted by molar-refractivity contribution is 9.10. The Kier molecular flexibility index (Phi) is 6.55. The van der Waals surface area contributed by atoms with Crippen molar-refractivity contribution in [1.82, 2.24) is 9.80 Å². The molecule has 0 bridgehead atoms. The topological polar surface area (TPSA) is 40.6 Å². The first-order valence-corrected chi connectivity index (χ1v) is 7.58. The zero-order valence-corrected chi connectivity index (χ0v) is 14.4. The van der Waals surface area contributed by atoms with E-state index in [1.165, 1.54) is 4.90 Å². The second-order valence-electron chi connectivity index (χ2n) is 4.68. The third-order valence-corrected chi connectivity index (χ3v) is 3.76. The number of thiol groups is 1. The Bertz CT molecular complexity index is 506. The summed E-state index contributed by atoms with van der Waals surface area (Å²) >= 11 is 7.62. The van der Waals surface area contributed by atoms with Crippen molar-refractivity contribution in [3.63, 3.8) is 0 Å². The molecule has 1 aromatic carbocycles. The van der Waals surface area contributed by atoms with Gasteiger partial charge in [-0.15, -0.1) is 12.6 Å². The summed E-state index contributed by atoms with van der Waals surface area (Å²) in [5.74, 6) is -0.255. The van der Waals surface area contributed by atoms with Gasteiger partial charge in [-0.2, -0.15) is 0 Å². The van der Waals surface area contributed by atoms with E-state index in [2.05, 4.69) is 28.6 Å². The van der Waals surface area contributed by atoms with Crippen LogP contribution in [0.1, 0.15) is 23.7 Å². The fourth-order valence-electron chi connectivity index (χ4n) is 1.67. The van der Waals surface area contributed by atoms with Crippen molar-refractivity contribution >= 4 is 40.4 Å². The lowest BCUT2D eigenvalue weighted by Gasteiger charge is -2.24. The minimum Gasteiger partial charge on any atom is -0.347 e. The molecule has 0 atom stereocenters. The van der Waals surface area contributed by atoms with Gasteiger partial charge in [0.15, 0.2) is 0 Å². The average molecular weight is 359 g/mol. The molecule has 0 aliphatic heterocycles. The molecule has 4 nitrogen and oxygen atoms in total. The molecule has 0 aliphatic rings. The lowest BCUT2D eigenvalue weighted by molar-refractivity contribution is -0.129. The second-order valence-corrected chi connectivity index (χ2v) is 6.05. The van der Waals surface area contributed by atoms with Gasteiger partial charge in [0.1, 0.15) is 6.54 Å². The van der Waals surface area contributed by atoms with Crippen molar-refractivity contribution in [3.05, 3.63) is 28.2 Å². The van der Waals surface area contributed by atoms with Crippen LogP contribution in [0.4, 0.5) is 0 Å². The van der Waals surface area contributed by atoms with E-state index in [1.807, 2.05) is 6.92 Å². The summed E-state index contributed by atoms with van der Waals surface area (Å²) in [6.07, 6.45) is 0.796. The molecule has 1 rings (SSSR count). The monoisotopic (exact) mass is 358 g/mol. The third kappa shape index (κ3) is 4.52. The van der Waals surface area contributed by atoms with Crippen molar-refractivity contribution < 1.29 is 9.59 Å². The van der Waals surface area contributed by atoms with E-state index in [1.54, 1.807) is 37.2 Å². The zero-order valence-electron chi connectivity index (χ0n) is 11.9. The fraction of sp³-hybridized carbons (Fsp3) is 0.429. The summed E-state index contributed by atoms with van der Waals surface area (Å²) in [6, 6.07) is 5.30. The molecule has 0 spiro atoms. The molecule has 0 aliphatic carbocycles. The minimum atomic E-state index is -0.162. The second kappa shape index (κ2) is 7.69. The number of halogens is 1. The SMILES string of the molecule is CCCN(CC(=O)N(C)C)C(=O)c1cc(S)ccc1Br. The predicted molar refractivity (Wildman–Crippen MR) is 86.3 cm³/mol. The van der Waals surface area contributed by atoms with E-state index < -0.39 is 0 Å². The van der Waals surface area contributed by atoms with Gasteiger partial charge in [0.05, 0.1) is 5.56 Å². The molecule has 110 valence electrons. The molecule has 0 radical (unpaired) electrons. The van der Waals surface area contributed by atoms with Crippen LogP contribution in [-0.2, 0) is 4.79 Å². The summed E-state index contributed by atoms with van der Waals surface area (Å²) in [5, 5.41) is 0. The summed E-state index contributed by atoms with van der Waals surface area (Å²) in [6.45, 7) is 2.61. The molecular weight excluding hydrogens is 340 g/mol. The standard InChI is InChI=1S/C14H19BrN2O2S/c1-4-7-17(9-13(18)16(2)3)14(19)11-8-10(20)5-6-12(11)15/h5-6,8,20H,4,7,9H2,1-3H3. The molecule has 1 aromatic rings. The number of nitrogens with zero attached hydrogens (tertiary/aromatic N) is 2. The largest absolute Gasteiger partial charge is 0.347 e. The van der Waals surface area contributed by atoms with Crippen LogP contribution in [0.25, 0.3) is 0 Å². The van der Waals surface area contributed by atoms with Crippen LogP contribution in [-0.4, -0.2) is 48.8 Å². The molecule has 0 fully saturated rings. The van der Waals surface area contributed by atoms with Crippen LogP contribution in [0, 0.1) is 0 Å². The summed E-state index contributed by atoms with van der Waals surface area (Å²) in [7, 11) is 3.36. The number of benzene rings is 1. The van der Waals surface area contributed by atoms with Crippen LogP contribution < -0.4 is 0 Å². The summed E-state index contributed by atoms with van der Waals surface area (Å²) < 4.78 is 0.707. The minimum absolute atomic E-state index is 0.0862. The molecule has 0 unspecified atom stereocenters. The number of amides is 2. The first-order valence-electron chi connectivity index (χ1n) is 6.34. The van der Waals surface area contributed by atoms with Gasteiger partial charge >= 0.3 is 0 Å². The van der Waals surface area contributed by atoms with Crippen molar-refractivity contribution in [2.45, 2.75) is 18.2 Å². The maximum absolute atomic E-state index is 12.6. The van der Waals surface area contributed by atoms with Crippen LogP contribution in [0.3, 0.4) is 0 Å². The normalized spacial score (nSPS) is 10.2. The van der Waals surface area contributed by atoms with E-state index in [0.717, 1.165) is 6.42 Å². The number of hydrogen-bond acceptors (Lipinski definition) is 3. The summed E-state index contributed by atoms with van der Waals surface area (Å²) in [5.41, 5.74) is 0.525. The fourth-order valence-corrected chi connectivity index (χ4v) is 2.29. The first kappa shape index (κ1) is 17.0.